The highest BCUT2D eigenvalue weighted by Gasteiger charge is 2.41. The molecule has 17 heavy (non-hydrogen) atoms. The molecule has 2 fully saturated rings. The fraction of sp³-hybridized carbons (Fsp3) is 0.727. The van der Waals surface area contributed by atoms with E-state index in [0.29, 0.717) is 13.0 Å². The van der Waals surface area contributed by atoms with Gasteiger partial charge in [0.2, 0.25) is 11.8 Å². The van der Waals surface area contributed by atoms with Crippen LogP contribution in [0.1, 0.15) is 19.8 Å². The summed E-state index contributed by atoms with van der Waals surface area (Å²) in [5.74, 6) is -1.48. The van der Waals surface area contributed by atoms with Gasteiger partial charge in [-0.3, -0.25) is 14.4 Å². The molecule has 0 aromatic heterocycles. The molecule has 0 aromatic rings. The minimum atomic E-state index is -0.858. The van der Waals surface area contributed by atoms with E-state index in [1.807, 2.05) is 0 Å². The Morgan fingerprint density at radius 2 is 1.88 bits per heavy atom. The summed E-state index contributed by atoms with van der Waals surface area (Å²) < 4.78 is 0. The van der Waals surface area contributed by atoms with Gasteiger partial charge in [-0.15, -0.1) is 0 Å². The Morgan fingerprint density at radius 1 is 1.24 bits per heavy atom. The zero-order valence-corrected chi connectivity index (χ0v) is 9.76. The van der Waals surface area contributed by atoms with Crippen molar-refractivity contribution in [3.63, 3.8) is 0 Å². The molecular weight excluding hydrogens is 224 g/mol. The van der Waals surface area contributed by atoms with Crippen LogP contribution in [0.15, 0.2) is 0 Å². The summed E-state index contributed by atoms with van der Waals surface area (Å²) in [5, 5.41) is 8.74. The number of rotatable bonds is 2. The molecule has 0 aromatic carbocycles. The number of carbonyl (C=O) groups excluding carboxylic acids is 2. The Bertz CT molecular complexity index is 362. The van der Waals surface area contributed by atoms with Gasteiger partial charge in [-0.25, -0.2) is 0 Å². The number of aliphatic carboxylic acids is 1. The summed E-state index contributed by atoms with van der Waals surface area (Å²) in [7, 11) is 0. The normalized spacial score (nSPS) is 24.6. The molecule has 2 heterocycles. The Balaban J connectivity index is 1.93. The maximum Gasteiger partial charge on any atom is 0.310 e. The molecule has 0 radical (unpaired) electrons. The monoisotopic (exact) mass is 240 g/mol. The number of carbonyl (C=O) groups is 3. The first-order valence-electron chi connectivity index (χ1n) is 5.79. The minimum absolute atomic E-state index is 0.0869. The van der Waals surface area contributed by atoms with Crippen LogP contribution in [0.2, 0.25) is 0 Å². The summed E-state index contributed by atoms with van der Waals surface area (Å²) >= 11 is 0. The smallest absolute Gasteiger partial charge is 0.310 e. The van der Waals surface area contributed by atoms with Gasteiger partial charge in [-0.1, -0.05) is 0 Å². The fourth-order valence-electron chi connectivity index (χ4n) is 2.43. The lowest BCUT2D eigenvalue weighted by Crippen LogP contribution is -2.58. The number of likely N-dealkylation sites (tertiary alicyclic amines) is 2. The van der Waals surface area contributed by atoms with E-state index in [-0.39, 0.29) is 30.9 Å². The van der Waals surface area contributed by atoms with Crippen molar-refractivity contribution in [2.45, 2.75) is 25.8 Å². The molecule has 94 valence electrons. The second-order valence-electron chi connectivity index (χ2n) is 4.65. The molecule has 2 rings (SSSR count). The molecule has 1 unspecified atom stereocenters. The van der Waals surface area contributed by atoms with Gasteiger partial charge >= 0.3 is 5.97 Å². The number of hydrogen-bond donors (Lipinski definition) is 1. The van der Waals surface area contributed by atoms with Crippen LogP contribution in [0, 0.1) is 5.92 Å². The summed E-state index contributed by atoms with van der Waals surface area (Å²) in [6, 6.07) is -0.373. The van der Waals surface area contributed by atoms with Crippen molar-refractivity contribution in [1.29, 1.82) is 0 Å². The van der Waals surface area contributed by atoms with Crippen LogP contribution in [-0.2, 0) is 14.4 Å². The lowest BCUT2D eigenvalue weighted by atomic mass is 9.99. The highest BCUT2D eigenvalue weighted by atomic mass is 16.4. The van der Waals surface area contributed by atoms with E-state index < -0.39 is 11.9 Å². The fourth-order valence-corrected chi connectivity index (χ4v) is 2.43. The number of carboxylic acids is 1. The van der Waals surface area contributed by atoms with E-state index in [0.717, 1.165) is 6.42 Å². The second-order valence-corrected chi connectivity index (χ2v) is 4.65. The number of carboxylic acid groups (broad SMARTS) is 1. The van der Waals surface area contributed by atoms with Gasteiger partial charge in [0, 0.05) is 26.6 Å². The first-order chi connectivity index (χ1) is 8.00. The molecule has 0 bridgehead atoms. The van der Waals surface area contributed by atoms with Crippen LogP contribution < -0.4 is 0 Å². The van der Waals surface area contributed by atoms with Gasteiger partial charge in [-0.05, 0) is 12.8 Å². The molecule has 0 saturated carbocycles. The first-order valence-corrected chi connectivity index (χ1v) is 5.79. The maximum atomic E-state index is 12.0. The van der Waals surface area contributed by atoms with Crippen LogP contribution in [0.3, 0.4) is 0 Å². The highest BCUT2D eigenvalue weighted by molar-refractivity contribution is 5.89. The zero-order valence-electron chi connectivity index (χ0n) is 9.76. The molecule has 0 aliphatic carbocycles. The van der Waals surface area contributed by atoms with Gasteiger partial charge in [-0.2, -0.15) is 0 Å². The van der Waals surface area contributed by atoms with Crippen LogP contribution >= 0.6 is 0 Å². The van der Waals surface area contributed by atoms with Gasteiger partial charge in [0.05, 0.1) is 5.92 Å². The molecular formula is C11H16N2O4. The van der Waals surface area contributed by atoms with Crippen molar-refractivity contribution in [3.8, 4) is 0 Å². The predicted molar refractivity (Wildman–Crippen MR) is 58.1 cm³/mol. The molecule has 0 spiro atoms. The third-order valence-corrected chi connectivity index (χ3v) is 3.48. The Kier molecular flexibility index (Phi) is 3.04. The van der Waals surface area contributed by atoms with E-state index in [2.05, 4.69) is 0 Å². The summed E-state index contributed by atoms with van der Waals surface area (Å²) in [6.45, 7) is 2.64. The largest absolute Gasteiger partial charge is 0.481 e. The molecule has 1 atom stereocenters. The van der Waals surface area contributed by atoms with Crippen molar-refractivity contribution in [3.05, 3.63) is 0 Å². The number of amides is 2. The topological polar surface area (TPSA) is 77.9 Å². The van der Waals surface area contributed by atoms with E-state index >= 15 is 0 Å². The van der Waals surface area contributed by atoms with Crippen molar-refractivity contribution in [1.82, 2.24) is 9.80 Å². The Morgan fingerprint density at radius 3 is 2.41 bits per heavy atom. The van der Waals surface area contributed by atoms with E-state index in [4.69, 9.17) is 5.11 Å². The number of nitrogens with zero attached hydrogens (tertiary/aromatic N) is 2. The van der Waals surface area contributed by atoms with Gasteiger partial charge in [0.15, 0.2) is 0 Å². The lowest BCUT2D eigenvalue weighted by Gasteiger charge is -2.39. The third kappa shape index (κ3) is 2.11. The molecule has 2 saturated heterocycles. The first kappa shape index (κ1) is 11.9. The molecule has 6 heteroatoms. The van der Waals surface area contributed by atoms with Crippen molar-refractivity contribution >= 4 is 17.8 Å². The number of hydrogen-bond acceptors (Lipinski definition) is 3. The SMILES string of the molecule is CC(=O)N1CCCC1C(=O)N1CC(C(=O)O)C1. The average molecular weight is 240 g/mol. The van der Waals surface area contributed by atoms with E-state index in [1.54, 1.807) is 4.90 Å². The van der Waals surface area contributed by atoms with Gasteiger partial charge in [0.1, 0.15) is 6.04 Å². The molecule has 2 amide bonds. The second kappa shape index (κ2) is 4.35. The van der Waals surface area contributed by atoms with Crippen LogP contribution in [0.25, 0.3) is 0 Å². The Hall–Kier alpha value is -1.59. The van der Waals surface area contributed by atoms with Gasteiger partial charge < -0.3 is 14.9 Å². The maximum absolute atomic E-state index is 12.0. The Labute approximate surface area is 99.2 Å². The quantitative estimate of drug-likeness (QED) is 0.708. The summed E-state index contributed by atoms with van der Waals surface area (Å²) in [4.78, 5) is 37.1. The molecule has 6 nitrogen and oxygen atoms in total. The average Bonchev–Trinajstić information content (AvgIpc) is 2.62. The minimum Gasteiger partial charge on any atom is -0.481 e. The molecule has 1 N–H and O–H groups in total. The highest BCUT2D eigenvalue weighted by Crippen LogP contribution is 2.24. The summed E-state index contributed by atoms with van der Waals surface area (Å²) in [5.41, 5.74) is 0. The van der Waals surface area contributed by atoms with E-state index in [1.165, 1.54) is 11.8 Å². The summed E-state index contributed by atoms with van der Waals surface area (Å²) in [6.07, 6.45) is 1.53. The van der Waals surface area contributed by atoms with Crippen LogP contribution in [-0.4, -0.2) is 58.4 Å². The van der Waals surface area contributed by atoms with Crippen LogP contribution in [0.4, 0.5) is 0 Å². The van der Waals surface area contributed by atoms with Gasteiger partial charge in [0.25, 0.3) is 0 Å². The van der Waals surface area contributed by atoms with E-state index in [9.17, 15) is 14.4 Å². The third-order valence-electron chi connectivity index (χ3n) is 3.48. The van der Waals surface area contributed by atoms with Crippen molar-refractivity contribution in [2.75, 3.05) is 19.6 Å². The zero-order chi connectivity index (χ0) is 12.6. The molecule has 2 aliphatic heterocycles. The van der Waals surface area contributed by atoms with Crippen molar-refractivity contribution < 1.29 is 19.5 Å². The lowest BCUT2D eigenvalue weighted by molar-refractivity contribution is -0.156. The van der Waals surface area contributed by atoms with Crippen LogP contribution in [0.5, 0.6) is 0 Å². The standard InChI is InChI=1S/C11H16N2O4/c1-7(14)13-4-2-3-9(13)10(15)12-5-8(6-12)11(16)17/h8-9H,2-6H2,1H3,(H,16,17). The van der Waals surface area contributed by atoms with Crippen molar-refractivity contribution in [2.24, 2.45) is 5.92 Å². The molecule has 2 aliphatic rings. The predicted octanol–water partition coefficient (Wildman–Crippen LogP) is -0.460.